The molecule has 4 aliphatic rings. The molecule has 0 heterocycles. The van der Waals surface area contributed by atoms with Gasteiger partial charge in [0.2, 0.25) is 0 Å². The zero-order chi connectivity index (χ0) is 13.0. The molecule has 1 N–H and O–H groups in total. The molecule has 0 saturated heterocycles. The van der Waals surface area contributed by atoms with Crippen molar-refractivity contribution in [2.75, 3.05) is 0 Å². The largest absolute Gasteiger partial charge is 0.393 e. The molecule has 4 rings (SSSR count). The van der Waals surface area contributed by atoms with Gasteiger partial charge in [-0.05, 0) is 81.0 Å². The number of rotatable bonds is 0. The monoisotopic (exact) mass is 260 g/mol. The van der Waals surface area contributed by atoms with Gasteiger partial charge in [-0.2, -0.15) is 0 Å². The summed E-state index contributed by atoms with van der Waals surface area (Å²) in [6.45, 7) is 2.58. The second kappa shape index (κ2) is 4.35. The molecule has 0 aliphatic heterocycles. The minimum Gasteiger partial charge on any atom is -0.393 e. The first-order chi connectivity index (χ1) is 9.17. The fraction of sp³-hybridized carbons (Fsp3) is 0.889. The lowest BCUT2D eigenvalue weighted by atomic mass is 9.54. The lowest BCUT2D eigenvalue weighted by Gasteiger charge is -2.51. The van der Waals surface area contributed by atoms with E-state index in [1.54, 1.807) is 5.57 Å². The van der Waals surface area contributed by atoms with Gasteiger partial charge in [0.1, 0.15) is 0 Å². The van der Waals surface area contributed by atoms with Crippen LogP contribution in [0, 0.1) is 23.2 Å². The molecule has 0 aromatic rings. The maximum Gasteiger partial charge on any atom is 0.0580 e. The van der Waals surface area contributed by atoms with E-state index in [4.69, 9.17) is 0 Å². The van der Waals surface area contributed by atoms with E-state index in [1.165, 1.54) is 51.4 Å². The highest BCUT2D eigenvalue weighted by Crippen LogP contribution is 2.61. The first-order valence-electron chi connectivity index (χ1n) is 8.56. The molecular formula is C18H28O. The molecule has 3 unspecified atom stereocenters. The Morgan fingerprint density at radius 2 is 1.95 bits per heavy atom. The molecule has 106 valence electrons. The van der Waals surface area contributed by atoms with Gasteiger partial charge in [0, 0.05) is 0 Å². The molecule has 2 saturated carbocycles. The van der Waals surface area contributed by atoms with E-state index in [9.17, 15) is 5.11 Å². The molecular weight excluding hydrogens is 232 g/mol. The van der Waals surface area contributed by atoms with Crippen LogP contribution in [0.4, 0.5) is 0 Å². The number of allylic oxidation sites excluding steroid dienone is 1. The van der Waals surface area contributed by atoms with Gasteiger partial charge in [-0.25, -0.2) is 0 Å². The van der Waals surface area contributed by atoms with Crippen molar-refractivity contribution in [3.63, 3.8) is 0 Å². The molecule has 0 amide bonds. The summed E-state index contributed by atoms with van der Waals surface area (Å²) in [5.41, 5.74) is 4.17. The molecule has 0 aromatic carbocycles. The standard InChI is InChI=1S/C18H28O/c1-18-9-2-3-17(18)16-6-4-12-11-13(19)5-7-14(12)15(16)8-10-18/h13,15-17,19H,2-11H2,1H3/t13-,15?,16?,17?,18-/m0/s1. The Balaban J connectivity index is 1.64. The van der Waals surface area contributed by atoms with Gasteiger partial charge in [0.05, 0.1) is 6.10 Å². The fourth-order valence-corrected chi connectivity index (χ4v) is 6.18. The highest BCUT2D eigenvalue weighted by molar-refractivity contribution is 5.26. The van der Waals surface area contributed by atoms with Crippen LogP contribution in [0.5, 0.6) is 0 Å². The molecule has 0 radical (unpaired) electrons. The number of aliphatic hydroxyl groups excluding tert-OH is 1. The van der Waals surface area contributed by atoms with Crippen molar-refractivity contribution < 1.29 is 5.11 Å². The smallest absolute Gasteiger partial charge is 0.0580 e. The Morgan fingerprint density at radius 3 is 2.84 bits per heavy atom. The summed E-state index contributed by atoms with van der Waals surface area (Å²) in [5.74, 6) is 2.93. The predicted molar refractivity (Wildman–Crippen MR) is 77.8 cm³/mol. The fourth-order valence-electron chi connectivity index (χ4n) is 6.18. The normalized spacial score (nSPS) is 49.6. The van der Waals surface area contributed by atoms with Crippen LogP contribution in [0.15, 0.2) is 11.1 Å². The maximum absolute atomic E-state index is 9.90. The summed E-state index contributed by atoms with van der Waals surface area (Å²) in [7, 11) is 0. The van der Waals surface area contributed by atoms with Gasteiger partial charge in [-0.15, -0.1) is 0 Å². The third kappa shape index (κ3) is 1.84. The average Bonchev–Trinajstić information content (AvgIpc) is 2.79. The molecule has 2 fully saturated rings. The third-order valence-corrected chi connectivity index (χ3v) is 7.13. The van der Waals surface area contributed by atoms with Crippen molar-refractivity contribution >= 4 is 0 Å². The Kier molecular flexibility index (Phi) is 2.85. The van der Waals surface area contributed by atoms with E-state index in [-0.39, 0.29) is 6.10 Å². The molecule has 0 aromatic heterocycles. The number of hydrogen-bond acceptors (Lipinski definition) is 1. The number of aliphatic hydroxyl groups is 1. The molecule has 19 heavy (non-hydrogen) atoms. The van der Waals surface area contributed by atoms with Crippen LogP contribution in [0.1, 0.15) is 71.1 Å². The van der Waals surface area contributed by atoms with Crippen molar-refractivity contribution in [2.45, 2.75) is 77.2 Å². The van der Waals surface area contributed by atoms with E-state index < -0.39 is 0 Å². The molecule has 1 nitrogen and oxygen atoms in total. The van der Waals surface area contributed by atoms with Crippen LogP contribution < -0.4 is 0 Å². The van der Waals surface area contributed by atoms with Crippen LogP contribution >= 0.6 is 0 Å². The van der Waals surface area contributed by atoms with Gasteiger partial charge >= 0.3 is 0 Å². The van der Waals surface area contributed by atoms with Crippen molar-refractivity contribution in [1.82, 2.24) is 0 Å². The molecule has 5 atom stereocenters. The SMILES string of the molecule is C[C@@]12CCCC1C1CCC3=C(CC[C@H](O)C3)C1CC2. The van der Waals surface area contributed by atoms with E-state index in [2.05, 4.69) is 6.92 Å². The lowest BCUT2D eigenvalue weighted by Crippen LogP contribution is -2.41. The van der Waals surface area contributed by atoms with Gasteiger partial charge < -0.3 is 5.11 Å². The molecule has 4 aliphatic carbocycles. The summed E-state index contributed by atoms with van der Waals surface area (Å²) < 4.78 is 0. The van der Waals surface area contributed by atoms with Crippen molar-refractivity contribution in [2.24, 2.45) is 23.2 Å². The number of fused-ring (bicyclic) bond motifs is 4. The average molecular weight is 260 g/mol. The van der Waals surface area contributed by atoms with Crippen molar-refractivity contribution in [3.05, 3.63) is 11.1 Å². The van der Waals surface area contributed by atoms with Gasteiger partial charge in [0.15, 0.2) is 0 Å². The van der Waals surface area contributed by atoms with Crippen LogP contribution in [-0.4, -0.2) is 11.2 Å². The van der Waals surface area contributed by atoms with Crippen LogP contribution in [0.3, 0.4) is 0 Å². The highest BCUT2D eigenvalue weighted by Gasteiger charge is 2.50. The Labute approximate surface area is 117 Å². The summed E-state index contributed by atoms with van der Waals surface area (Å²) >= 11 is 0. The first-order valence-corrected chi connectivity index (χ1v) is 8.56. The summed E-state index contributed by atoms with van der Waals surface area (Å²) in [5, 5.41) is 9.90. The van der Waals surface area contributed by atoms with E-state index in [0.717, 1.165) is 30.6 Å². The first kappa shape index (κ1) is 12.4. The minimum atomic E-state index is -0.0318. The minimum absolute atomic E-state index is 0.0318. The highest BCUT2D eigenvalue weighted by atomic mass is 16.3. The molecule has 0 bridgehead atoms. The Bertz CT molecular complexity index is 410. The zero-order valence-electron chi connectivity index (χ0n) is 12.3. The van der Waals surface area contributed by atoms with Crippen LogP contribution in [0.25, 0.3) is 0 Å². The van der Waals surface area contributed by atoms with E-state index in [0.29, 0.717) is 5.41 Å². The summed E-state index contributed by atoms with van der Waals surface area (Å²) in [4.78, 5) is 0. The van der Waals surface area contributed by atoms with Gasteiger partial charge in [0.25, 0.3) is 0 Å². The summed E-state index contributed by atoms with van der Waals surface area (Å²) in [6.07, 6.45) is 13.3. The molecule has 0 spiro atoms. The second-order valence-electron chi connectivity index (χ2n) is 8.03. The van der Waals surface area contributed by atoms with Crippen LogP contribution in [0.2, 0.25) is 0 Å². The number of hydrogen-bond donors (Lipinski definition) is 1. The second-order valence-corrected chi connectivity index (χ2v) is 8.03. The third-order valence-electron chi connectivity index (χ3n) is 7.13. The lowest BCUT2D eigenvalue weighted by molar-refractivity contribution is 0.0369. The predicted octanol–water partition coefficient (Wildman–Crippen LogP) is 4.45. The van der Waals surface area contributed by atoms with E-state index in [1.807, 2.05) is 5.57 Å². The quantitative estimate of drug-likeness (QED) is 0.638. The van der Waals surface area contributed by atoms with Gasteiger partial charge in [-0.3, -0.25) is 0 Å². The molecule has 1 heteroatoms. The van der Waals surface area contributed by atoms with Crippen molar-refractivity contribution in [3.8, 4) is 0 Å². The van der Waals surface area contributed by atoms with E-state index >= 15 is 0 Å². The van der Waals surface area contributed by atoms with Gasteiger partial charge in [-0.1, -0.05) is 24.5 Å². The van der Waals surface area contributed by atoms with Crippen LogP contribution in [-0.2, 0) is 0 Å². The Hall–Kier alpha value is -0.300. The summed E-state index contributed by atoms with van der Waals surface area (Å²) in [6, 6.07) is 0. The maximum atomic E-state index is 9.90. The Morgan fingerprint density at radius 1 is 1.05 bits per heavy atom. The topological polar surface area (TPSA) is 20.2 Å². The zero-order valence-corrected chi connectivity index (χ0v) is 12.3. The van der Waals surface area contributed by atoms with Crippen molar-refractivity contribution in [1.29, 1.82) is 0 Å².